The van der Waals surface area contributed by atoms with E-state index in [-0.39, 0.29) is 18.9 Å². The van der Waals surface area contributed by atoms with Crippen molar-refractivity contribution in [2.45, 2.75) is 6.42 Å². The van der Waals surface area contributed by atoms with Crippen molar-refractivity contribution in [3.63, 3.8) is 0 Å². The maximum Gasteiger partial charge on any atom is 0.229 e. The second-order valence-corrected chi connectivity index (χ2v) is 4.51. The van der Waals surface area contributed by atoms with Crippen molar-refractivity contribution < 1.29 is 9.59 Å². The number of carbonyl (C=O) groups excluding carboxylic acids is 2. The van der Waals surface area contributed by atoms with Gasteiger partial charge in [-0.15, -0.1) is 0 Å². The molecule has 3 rings (SSSR count). The third kappa shape index (κ3) is 1.72. The summed E-state index contributed by atoms with van der Waals surface area (Å²) < 4.78 is 1.60. The Morgan fingerprint density at radius 1 is 1.47 bits per heavy atom. The lowest BCUT2D eigenvalue weighted by molar-refractivity contribution is -0.123. The second kappa shape index (κ2) is 4.01. The number of fused-ring (bicyclic) bond motifs is 1. The Morgan fingerprint density at radius 2 is 2.26 bits per heavy atom. The van der Waals surface area contributed by atoms with Gasteiger partial charge in [-0.1, -0.05) is 0 Å². The molecule has 2 N–H and O–H groups in total. The van der Waals surface area contributed by atoms with Crippen LogP contribution in [0.3, 0.4) is 0 Å². The average molecular weight is 260 g/mol. The Labute approximate surface area is 108 Å². The van der Waals surface area contributed by atoms with Crippen molar-refractivity contribution in [2.75, 3.05) is 11.4 Å². The molecule has 0 radical (unpaired) electrons. The molecule has 0 saturated carbocycles. The molecule has 2 amide bonds. The van der Waals surface area contributed by atoms with E-state index in [2.05, 4.69) is 15.1 Å². The van der Waals surface area contributed by atoms with Crippen LogP contribution < -0.4 is 10.6 Å². The fraction of sp³-hybridized carbons (Fsp3) is 0.364. The first-order valence-electron chi connectivity index (χ1n) is 5.80. The van der Waals surface area contributed by atoms with E-state index in [9.17, 15) is 9.59 Å². The van der Waals surface area contributed by atoms with Gasteiger partial charge in [0.25, 0.3) is 0 Å². The number of hydrogen-bond donors (Lipinski definition) is 1. The van der Waals surface area contributed by atoms with E-state index in [1.165, 1.54) is 11.2 Å². The number of amides is 2. The van der Waals surface area contributed by atoms with Gasteiger partial charge in [0.15, 0.2) is 5.65 Å². The van der Waals surface area contributed by atoms with E-state index in [0.29, 0.717) is 16.9 Å². The summed E-state index contributed by atoms with van der Waals surface area (Å²) in [7, 11) is 1.76. The van der Waals surface area contributed by atoms with Gasteiger partial charge in [0, 0.05) is 20.0 Å². The Hall–Kier alpha value is -2.51. The van der Waals surface area contributed by atoms with E-state index < -0.39 is 11.8 Å². The van der Waals surface area contributed by atoms with Crippen molar-refractivity contribution in [2.24, 2.45) is 18.7 Å². The van der Waals surface area contributed by atoms with Crippen LogP contribution in [0.4, 0.5) is 5.82 Å². The largest absolute Gasteiger partial charge is 0.369 e. The molecule has 1 unspecified atom stereocenters. The number of anilines is 1. The van der Waals surface area contributed by atoms with Crippen LogP contribution in [0.2, 0.25) is 0 Å². The molecule has 1 fully saturated rings. The molecular formula is C11H12N6O2. The number of rotatable bonds is 2. The average Bonchev–Trinajstić information content (AvgIpc) is 2.94. The highest BCUT2D eigenvalue weighted by Crippen LogP contribution is 2.28. The van der Waals surface area contributed by atoms with Crippen LogP contribution in [0.1, 0.15) is 6.42 Å². The highest BCUT2D eigenvalue weighted by Gasteiger charge is 2.35. The predicted molar refractivity (Wildman–Crippen MR) is 66.0 cm³/mol. The molecule has 0 spiro atoms. The van der Waals surface area contributed by atoms with Crippen LogP contribution in [0, 0.1) is 5.92 Å². The van der Waals surface area contributed by atoms with Gasteiger partial charge in [-0.05, 0) is 0 Å². The van der Waals surface area contributed by atoms with E-state index in [1.807, 2.05) is 0 Å². The molecule has 2 aromatic rings. The standard InChI is InChI=1S/C11H12N6O2/c1-16-10-7(3-15-16)11(14-5-13-10)17-4-6(9(12)19)2-8(17)18/h3,5-6H,2,4H2,1H3,(H2,12,19). The molecule has 2 aromatic heterocycles. The van der Waals surface area contributed by atoms with E-state index >= 15 is 0 Å². The molecular weight excluding hydrogens is 248 g/mol. The first-order valence-corrected chi connectivity index (χ1v) is 5.80. The molecule has 1 aliphatic rings. The summed E-state index contributed by atoms with van der Waals surface area (Å²) >= 11 is 0. The molecule has 1 atom stereocenters. The molecule has 0 aliphatic carbocycles. The zero-order valence-corrected chi connectivity index (χ0v) is 10.3. The number of carbonyl (C=O) groups is 2. The predicted octanol–water partition coefficient (Wildman–Crippen LogP) is -0.798. The maximum absolute atomic E-state index is 12.0. The van der Waals surface area contributed by atoms with Crippen LogP contribution in [-0.2, 0) is 16.6 Å². The monoisotopic (exact) mass is 260 g/mol. The molecule has 98 valence electrons. The SMILES string of the molecule is Cn1ncc2c(N3CC(C(N)=O)CC3=O)ncnc21. The highest BCUT2D eigenvalue weighted by molar-refractivity contribution is 6.04. The molecule has 0 bridgehead atoms. The normalized spacial score (nSPS) is 19.3. The fourth-order valence-corrected chi connectivity index (χ4v) is 2.27. The second-order valence-electron chi connectivity index (χ2n) is 4.51. The summed E-state index contributed by atoms with van der Waals surface area (Å²) in [6, 6.07) is 0. The summed E-state index contributed by atoms with van der Waals surface area (Å²) in [5, 5.41) is 4.78. The molecule has 19 heavy (non-hydrogen) atoms. The minimum atomic E-state index is -0.465. The summed E-state index contributed by atoms with van der Waals surface area (Å²) in [6.07, 6.45) is 3.11. The lowest BCUT2D eigenvalue weighted by Gasteiger charge is -2.15. The molecule has 1 aliphatic heterocycles. The molecule has 0 aromatic carbocycles. The Bertz CT molecular complexity index is 679. The number of hydrogen-bond acceptors (Lipinski definition) is 5. The van der Waals surface area contributed by atoms with E-state index in [1.54, 1.807) is 17.9 Å². The third-order valence-electron chi connectivity index (χ3n) is 3.29. The smallest absolute Gasteiger partial charge is 0.229 e. The number of aromatic nitrogens is 4. The lowest BCUT2D eigenvalue weighted by Crippen LogP contribution is -2.29. The van der Waals surface area contributed by atoms with Crippen molar-refractivity contribution in [3.05, 3.63) is 12.5 Å². The van der Waals surface area contributed by atoms with Crippen molar-refractivity contribution in [1.29, 1.82) is 0 Å². The number of primary amides is 1. The summed E-state index contributed by atoms with van der Waals surface area (Å²) in [5.74, 6) is -0.610. The minimum absolute atomic E-state index is 0.126. The molecule has 8 nitrogen and oxygen atoms in total. The van der Waals surface area contributed by atoms with Gasteiger partial charge in [-0.25, -0.2) is 9.97 Å². The Kier molecular flexibility index (Phi) is 2.44. The molecule has 1 saturated heterocycles. The Morgan fingerprint density at radius 3 is 2.95 bits per heavy atom. The van der Waals surface area contributed by atoms with Crippen LogP contribution in [0.15, 0.2) is 12.5 Å². The first kappa shape index (κ1) is 11.6. The summed E-state index contributed by atoms with van der Waals surface area (Å²) in [4.78, 5) is 32.9. The van der Waals surface area contributed by atoms with Crippen LogP contribution in [0.25, 0.3) is 11.0 Å². The lowest BCUT2D eigenvalue weighted by atomic mass is 10.1. The van der Waals surface area contributed by atoms with Crippen molar-refractivity contribution in [1.82, 2.24) is 19.7 Å². The van der Waals surface area contributed by atoms with Gasteiger partial charge < -0.3 is 5.73 Å². The minimum Gasteiger partial charge on any atom is -0.369 e. The van der Waals surface area contributed by atoms with Gasteiger partial charge in [0.2, 0.25) is 11.8 Å². The fourth-order valence-electron chi connectivity index (χ4n) is 2.27. The quantitative estimate of drug-likeness (QED) is 0.760. The molecule has 8 heteroatoms. The summed E-state index contributed by atoms with van der Waals surface area (Å²) in [5.41, 5.74) is 5.89. The third-order valence-corrected chi connectivity index (χ3v) is 3.29. The topological polar surface area (TPSA) is 107 Å². The van der Waals surface area contributed by atoms with Gasteiger partial charge in [0.05, 0.1) is 17.5 Å². The zero-order chi connectivity index (χ0) is 13.6. The number of aryl methyl sites for hydroxylation is 1. The van der Waals surface area contributed by atoms with Gasteiger partial charge in [-0.2, -0.15) is 5.10 Å². The van der Waals surface area contributed by atoms with Gasteiger partial charge >= 0.3 is 0 Å². The Balaban J connectivity index is 2.05. The highest BCUT2D eigenvalue weighted by atomic mass is 16.2. The zero-order valence-electron chi connectivity index (χ0n) is 10.3. The van der Waals surface area contributed by atoms with Crippen LogP contribution in [-0.4, -0.2) is 38.1 Å². The maximum atomic E-state index is 12.0. The van der Waals surface area contributed by atoms with Gasteiger partial charge in [0.1, 0.15) is 12.1 Å². The van der Waals surface area contributed by atoms with Crippen molar-refractivity contribution >= 4 is 28.7 Å². The molecule has 3 heterocycles. The number of nitrogens with zero attached hydrogens (tertiary/aromatic N) is 5. The van der Waals surface area contributed by atoms with Crippen molar-refractivity contribution in [3.8, 4) is 0 Å². The number of nitrogens with two attached hydrogens (primary N) is 1. The van der Waals surface area contributed by atoms with Gasteiger partial charge in [-0.3, -0.25) is 19.2 Å². The van der Waals surface area contributed by atoms with Crippen LogP contribution >= 0.6 is 0 Å². The van der Waals surface area contributed by atoms with E-state index in [4.69, 9.17) is 5.73 Å². The summed E-state index contributed by atoms with van der Waals surface area (Å²) in [6.45, 7) is 0.259. The van der Waals surface area contributed by atoms with E-state index in [0.717, 1.165) is 0 Å². The van der Waals surface area contributed by atoms with Crippen LogP contribution in [0.5, 0.6) is 0 Å². The first-order chi connectivity index (χ1) is 9.08.